The maximum atomic E-state index is 12.9. The van der Waals surface area contributed by atoms with Crippen molar-refractivity contribution in [3.8, 4) is 5.75 Å². The molecule has 1 amide bonds. The van der Waals surface area contributed by atoms with E-state index in [2.05, 4.69) is 5.32 Å². The van der Waals surface area contributed by atoms with Crippen molar-refractivity contribution >= 4 is 5.91 Å². The molecular weight excluding hydrogens is 369 g/mol. The van der Waals surface area contributed by atoms with Crippen LogP contribution in [-0.4, -0.2) is 42.9 Å². The van der Waals surface area contributed by atoms with Crippen LogP contribution in [0.15, 0.2) is 48.5 Å². The first kappa shape index (κ1) is 20.2. The zero-order valence-electron chi connectivity index (χ0n) is 15.4. The van der Waals surface area contributed by atoms with Crippen molar-refractivity contribution in [3.63, 3.8) is 0 Å². The number of nitrogens with zero attached hydrogens (tertiary/aromatic N) is 1. The maximum Gasteiger partial charge on any atom is 0.251 e. The number of ether oxygens (including phenoxy) is 1. The lowest BCUT2D eigenvalue weighted by Crippen LogP contribution is -2.45. The van der Waals surface area contributed by atoms with Crippen molar-refractivity contribution in [2.75, 3.05) is 19.6 Å². The summed E-state index contributed by atoms with van der Waals surface area (Å²) in [5, 5.41) is 2.97. The number of likely N-dealkylation sites (tertiary alicyclic amines) is 1. The fourth-order valence-corrected chi connectivity index (χ4v) is 3.20. The molecular formula is C21H23F3N2O2. The Kier molecular flexibility index (Phi) is 6.92. The van der Waals surface area contributed by atoms with Crippen molar-refractivity contribution < 1.29 is 22.7 Å². The molecule has 0 saturated carbocycles. The Balaban J connectivity index is 1.50. The van der Waals surface area contributed by atoms with Crippen LogP contribution in [0.1, 0.15) is 28.8 Å². The van der Waals surface area contributed by atoms with E-state index in [0.717, 1.165) is 5.56 Å². The molecule has 150 valence electrons. The Bertz CT molecular complexity index is 775. The minimum absolute atomic E-state index is 0.0230. The van der Waals surface area contributed by atoms with E-state index in [9.17, 15) is 18.0 Å². The molecule has 0 bridgehead atoms. The molecule has 3 rings (SSSR count). The van der Waals surface area contributed by atoms with Crippen LogP contribution < -0.4 is 10.1 Å². The number of nitrogens with one attached hydrogen (secondary N) is 1. The zero-order valence-corrected chi connectivity index (χ0v) is 15.4. The number of benzene rings is 2. The lowest BCUT2D eigenvalue weighted by molar-refractivity contribution is 0.0696. The van der Waals surface area contributed by atoms with Gasteiger partial charge in [-0.3, -0.25) is 9.69 Å². The third-order valence-corrected chi connectivity index (χ3v) is 4.73. The molecule has 2 aromatic carbocycles. The molecule has 1 aliphatic rings. The number of hydrogen-bond acceptors (Lipinski definition) is 3. The molecule has 0 spiro atoms. The molecule has 1 saturated heterocycles. The normalized spacial score (nSPS) is 15.6. The van der Waals surface area contributed by atoms with Crippen LogP contribution in [0.3, 0.4) is 0 Å². The predicted octanol–water partition coefficient (Wildman–Crippen LogP) is 3.86. The lowest BCUT2D eigenvalue weighted by Gasteiger charge is -2.32. The SMILES string of the molecule is O=C(NC1CCN(CC(F)F)CC1)c1cccc(OCc2ccc(F)cc2)c1. The van der Waals surface area contributed by atoms with Gasteiger partial charge in [-0.15, -0.1) is 0 Å². The summed E-state index contributed by atoms with van der Waals surface area (Å²) < 4.78 is 43.5. The molecule has 0 aliphatic carbocycles. The van der Waals surface area contributed by atoms with Crippen molar-refractivity contribution in [1.29, 1.82) is 0 Å². The average molecular weight is 392 g/mol. The second kappa shape index (κ2) is 9.59. The second-order valence-corrected chi connectivity index (χ2v) is 6.88. The Labute approximate surface area is 162 Å². The monoisotopic (exact) mass is 392 g/mol. The number of alkyl halides is 2. The van der Waals surface area contributed by atoms with E-state index in [1.807, 2.05) is 0 Å². The second-order valence-electron chi connectivity index (χ2n) is 6.88. The molecule has 1 heterocycles. The van der Waals surface area contributed by atoms with Gasteiger partial charge in [-0.2, -0.15) is 0 Å². The highest BCUT2D eigenvalue weighted by Gasteiger charge is 2.23. The van der Waals surface area contributed by atoms with E-state index in [0.29, 0.717) is 37.2 Å². The highest BCUT2D eigenvalue weighted by molar-refractivity contribution is 5.94. The molecule has 2 aromatic rings. The van der Waals surface area contributed by atoms with Crippen molar-refractivity contribution in [2.24, 2.45) is 0 Å². The molecule has 0 atom stereocenters. The Hall–Kier alpha value is -2.54. The summed E-state index contributed by atoms with van der Waals surface area (Å²) in [6, 6.07) is 12.9. The number of hydrogen-bond donors (Lipinski definition) is 1. The van der Waals surface area contributed by atoms with Gasteiger partial charge in [0.25, 0.3) is 12.3 Å². The number of halogens is 3. The summed E-state index contributed by atoms with van der Waals surface area (Å²) in [5.74, 6) is 0.0331. The van der Waals surface area contributed by atoms with Crippen LogP contribution in [0.5, 0.6) is 5.75 Å². The smallest absolute Gasteiger partial charge is 0.251 e. The Morgan fingerprint density at radius 1 is 1.14 bits per heavy atom. The van der Waals surface area contributed by atoms with Crippen LogP contribution in [0.2, 0.25) is 0 Å². The molecule has 0 radical (unpaired) electrons. The molecule has 0 unspecified atom stereocenters. The summed E-state index contributed by atoms with van der Waals surface area (Å²) in [4.78, 5) is 14.2. The molecule has 1 N–H and O–H groups in total. The number of carbonyl (C=O) groups excluding carboxylic acids is 1. The van der Waals surface area contributed by atoms with E-state index in [-0.39, 0.29) is 30.9 Å². The fourth-order valence-electron chi connectivity index (χ4n) is 3.20. The van der Waals surface area contributed by atoms with Crippen LogP contribution >= 0.6 is 0 Å². The fraction of sp³-hybridized carbons (Fsp3) is 0.381. The van der Waals surface area contributed by atoms with E-state index < -0.39 is 6.43 Å². The van der Waals surface area contributed by atoms with Crippen LogP contribution in [0.25, 0.3) is 0 Å². The topological polar surface area (TPSA) is 41.6 Å². The average Bonchev–Trinajstić information content (AvgIpc) is 2.69. The van der Waals surface area contributed by atoms with Gasteiger partial charge in [-0.1, -0.05) is 18.2 Å². The Morgan fingerprint density at radius 2 is 1.86 bits per heavy atom. The molecule has 4 nitrogen and oxygen atoms in total. The minimum Gasteiger partial charge on any atom is -0.489 e. The third kappa shape index (κ3) is 5.99. The first-order valence-electron chi connectivity index (χ1n) is 9.28. The summed E-state index contributed by atoms with van der Waals surface area (Å²) in [6.45, 7) is 1.16. The summed E-state index contributed by atoms with van der Waals surface area (Å²) in [5.41, 5.74) is 1.30. The minimum atomic E-state index is -2.33. The van der Waals surface area contributed by atoms with Gasteiger partial charge in [0.05, 0.1) is 6.54 Å². The molecule has 0 aromatic heterocycles. The van der Waals surface area contributed by atoms with Crippen molar-refractivity contribution in [3.05, 3.63) is 65.5 Å². The summed E-state index contributed by atoms with van der Waals surface area (Å²) >= 11 is 0. The first-order chi connectivity index (χ1) is 13.5. The lowest BCUT2D eigenvalue weighted by atomic mass is 10.0. The van der Waals surface area contributed by atoms with E-state index in [1.54, 1.807) is 41.3 Å². The van der Waals surface area contributed by atoms with Gasteiger partial charge < -0.3 is 10.1 Å². The van der Waals surface area contributed by atoms with Crippen molar-refractivity contribution in [2.45, 2.75) is 31.9 Å². The van der Waals surface area contributed by atoms with E-state index >= 15 is 0 Å². The highest BCUT2D eigenvalue weighted by atomic mass is 19.3. The summed E-state index contributed by atoms with van der Waals surface area (Å²) in [6.07, 6.45) is -1.03. The van der Waals surface area contributed by atoms with Gasteiger partial charge in [0.15, 0.2) is 0 Å². The Morgan fingerprint density at radius 3 is 2.54 bits per heavy atom. The summed E-state index contributed by atoms with van der Waals surface area (Å²) in [7, 11) is 0. The maximum absolute atomic E-state index is 12.9. The highest BCUT2D eigenvalue weighted by Crippen LogP contribution is 2.17. The number of piperidine rings is 1. The number of amides is 1. The molecule has 28 heavy (non-hydrogen) atoms. The number of carbonyl (C=O) groups is 1. The third-order valence-electron chi connectivity index (χ3n) is 4.73. The molecule has 7 heteroatoms. The quantitative estimate of drug-likeness (QED) is 0.778. The zero-order chi connectivity index (χ0) is 19.9. The van der Waals surface area contributed by atoms with Gasteiger partial charge in [-0.05, 0) is 48.7 Å². The van der Waals surface area contributed by atoms with Crippen LogP contribution in [0.4, 0.5) is 13.2 Å². The van der Waals surface area contributed by atoms with Crippen LogP contribution in [0, 0.1) is 5.82 Å². The van der Waals surface area contributed by atoms with Gasteiger partial charge in [0, 0.05) is 24.7 Å². The van der Waals surface area contributed by atoms with Gasteiger partial charge >= 0.3 is 0 Å². The van der Waals surface area contributed by atoms with E-state index in [4.69, 9.17) is 4.74 Å². The standard InChI is InChI=1S/C21H23F3N2O2/c22-17-6-4-15(5-7-17)14-28-19-3-1-2-16(12-19)21(27)25-18-8-10-26(11-9-18)13-20(23)24/h1-7,12,18,20H,8-11,13-14H2,(H,25,27). The van der Waals surface area contributed by atoms with Gasteiger partial charge in [0.2, 0.25) is 0 Å². The molecule has 1 fully saturated rings. The van der Waals surface area contributed by atoms with Crippen molar-refractivity contribution in [1.82, 2.24) is 10.2 Å². The largest absolute Gasteiger partial charge is 0.489 e. The van der Waals surface area contributed by atoms with Gasteiger partial charge in [0.1, 0.15) is 18.2 Å². The number of rotatable bonds is 7. The van der Waals surface area contributed by atoms with E-state index in [1.165, 1.54) is 12.1 Å². The molecule has 1 aliphatic heterocycles. The van der Waals surface area contributed by atoms with Gasteiger partial charge in [-0.25, -0.2) is 13.2 Å². The van der Waals surface area contributed by atoms with Crippen LogP contribution in [-0.2, 0) is 6.61 Å². The first-order valence-corrected chi connectivity index (χ1v) is 9.28. The predicted molar refractivity (Wildman–Crippen MR) is 100 cm³/mol.